The Hall–Kier alpha value is -4.09. The van der Waals surface area contributed by atoms with Gasteiger partial charge >= 0.3 is 0 Å². The molecule has 2 aromatic heterocycles. The van der Waals surface area contributed by atoms with Gasteiger partial charge < -0.3 is 29.1 Å². The number of methoxy groups -OCH3 is 3. The highest BCUT2D eigenvalue weighted by atomic mass is 32.1. The first-order chi connectivity index (χ1) is 18.7. The first-order valence-electron chi connectivity index (χ1n) is 12.3. The van der Waals surface area contributed by atoms with Gasteiger partial charge in [-0.2, -0.15) is 0 Å². The molecule has 3 heterocycles. The lowest BCUT2D eigenvalue weighted by Gasteiger charge is -2.28. The number of aliphatic hydroxyl groups is 1. The van der Waals surface area contributed by atoms with Crippen molar-refractivity contribution in [3.8, 4) is 17.2 Å². The van der Waals surface area contributed by atoms with Crippen LogP contribution in [0.3, 0.4) is 0 Å². The maximum Gasteiger partial charge on any atom is 0.290 e. The molecule has 0 aliphatic carbocycles. The number of amides is 1. The number of benzene rings is 2. The van der Waals surface area contributed by atoms with Crippen LogP contribution in [-0.4, -0.2) is 84.5 Å². The molecule has 1 N–H and O–H groups in total. The van der Waals surface area contributed by atoms with Gasteiger partial charge in [0.1, 0.15) is 0 Å². The van der Waals surface area contributed by atoms with E-state index < -0.39 is 23.5 Å². The number of hydrogen-bond donors (Lipinski definition) is 1. The highest BCUT2D eigenvalue weighted by Gasteiger charge is 2.45. The van der Waals surface area contributed by atoms with E-state index in [-0.39, 0.29) is 12.1 Å². The molecule has 10 nitrogen and oxygen atoms in total. The molecule has 0 spiro atoms. The molecule has 0 fully saturated rings. The second-order valence-corrected chi connectivity index (χ2v) is 10.5. The van der Waals surface area contributed by atoms with Crippen LogP contribution in [0.15, 0.2) is 47.7 Å². The molecule has 0 radical (unpaired) electrons. The Bertz CT molecular complexity index is 1610. The van der Waals surface area contributed by atoms with Crippen LogP contribution in [0.4, 0.5) is 0 Å². The van der Waals surface area contributed by atoms with E-state index in [0.29, 0.717) is 44.9 Å². The molecule has 1 aliphatic rings. The number of hydrogen-bond acceptors (Lipinski definition) is 9. The Morgan fingerprint density at radius 2 is 1.77 bits per heavy atom. The third kappa shape index (κ3) is 4.27. The zero-order chi connectivity index (χ0) is 28.0. The van der Waals surface area contributed by atoms with Crippen molar-refractivity contribution in [3.05, 3.63) is 63.9 Å². The van der Waals surface area contributed by atoms with Crippen LogP contribution in [-0.2, 0) is 4.79 Å². The number of carbonyl (C=O) groups is 2. The fourth-order valence-corrected chi connectivity index (χ4v) is 6.12. The van der Waals surface area contributed by atoms with Gasteiger partial charge in [-0.05, 0) is 50.8 Å². The summed E-state index contributed by atoms with van der Waals surface area (Å²) in [5.41, 5.74) is 2.96. The third-order valence-electron chi connectivity index (χ3n) is 6.93. The topological polar surface area (TPSA) is 106 Å². The minimum Gasteiger partial charge on any atom is -0.503 e. The quantitative estimate of drug-likeness (QED) is 0.312. The van der Waals surface area contributed by atoms with Crippen molar-refractivity contribution in [1.82, 2.24) is 19.2 Å². The van der Waals surface area contributed by atoms with Gasteiger partial charge in [0.2, 0.25) is 11.5 Å². The number of Topliss-reactive ketones (excluding diaryl/α,β-unsaturated/α-hetero) is 1. The van der Waals surface area contributed by atoms with E-state index >= 15 is 0 Å². The fraction of sp³-hybridized carbons (Fsp3) is 0.321. The van der Waals surface area contributed by atoms with Gasteiger partial charge in [0.25, 0.3) is 5.91 Å². The zero-order valence-corrected chi connectivity index (χ0v) is 23.5. The minimum absolute atomic E-state index is 0.00457. The number of fused-ring (bicyclic) bond motifs is 3. The molecule has 0 saturated carbocycles. The zero-order valence-electron chi connectivity index (χ0n) is 22.6. The second-order valence-electron chi connectivity index (χ2n) is 9.49. The number of likely N-dealkylation sites (N-methyl/N-ethyl adjacent to an activating group) is 1. The van der Waals surface area contributed by atoms with Gasteiger partial charge in [-0.3, -0.25) is 14.0 Å². The smallest absolute Gasteiger partial charge is 0.290 e. The van der Waals surface area contributed by atoms with Gasteiger partial charge in [0.15, 0.2) is 22.2 Å². The predicted molar refractivity (Wildman–Crippen MR) is 148 cm³/mol. The van der Waals surface area contributed by atoms with Crippen LogP contribution in [0.2, 0.25) is 0 Å². The molecule has 0 saturated heterocycles. The van der Waals surface area contributed by atoms with E-state index in [1.165, 1.54) is 37.6 Å². The average molecular weight is 551 g/mol. The Kier molecular flexibility index (Phi) is 6.96. The number of rotatable bonds is 9. The maximum absolute atomic E-state index is 14.2. The van der Waals surface area contributed by atoms with Gasteiger partial charge in [0, 0.05) is 18.8 Å². The summed E-state index contributed by atoms with van der Waals surface area (Å²) in [6.07, 6.45) is 0. The van der Waals surface area contributed by atoms with Crippen molar-refractivity contribution in [2.75, 3.05) is 48.5 Å². The SMILES string of the molecule is COc1cc(C2C(C(=O)c3sc4nc5ccccc5n4c3C)=C(O)C(=O)N2CCN(C)C)cc(OC)c1OC. The summed E-state index contributed by atoms with van der Waals surface area (Å²) < 4.78 is 18.5. The number of para-hydroxylation sites is 2. The predicted octanol–water partition coefficient (Wildman–Crippen LogP) is 4.02. The van der Waals surface area contributed by atoms with Crippen LogP contribution < -0.4 is 14.2 Å². The van der Waals surface area contributed by atoms with E-state index in [9.17, 15) is 14.7 Å². The molecule has 0 bridgehead atoms. The number of aromatic nitrogens is 2. The van der Waals surface area contributed by atoms with E-state index in [1.807, 2.05) is 54.6 Å². The van der Waals surface area contributed by atoms with E-state index in [1.54, 1.807) is 12.1 Å². The molecule has 5 rings (SSSR count). The van der Waals surface area contributed by atoms with Crippen LogP contribution in [0.1, 0.15) is 27.0 Å². The fourth-order valence-electron chi connectivity index (χ4n) is 5.03. The van der Waals surface area contributed by atoms with Crippen molar-refractivity contribution < 1.29 is 28.9 Å². The minimum atomic E-state index is -0.871. The normalized spacial score (nSPS) is 15.7. The number of aliphatic hydroxyl groups excluding tert-OH is 1. The lowest BCUT2D eigenvalue weighted by Crippen LogP contribution is -2.36. The molecule has 204 valence electrons. The van der Waals surface area contributed by atoms with E-state index in [2.05, 4.69) is 4.98 Å². The third-order valence-corrected chi connectivity index (χ3v) is 8.07. The van der Waals surface area contributed by atoms with Gasteiger partial charge in [0.05, 0.1) is 48.9 Å². The first-order valence-corrected chi connectivity index (χ1v) is 13.1. The number of carbonyl (C=O) groups excluding carboxylic acids is 2. The maximum atomic E-state index is 14.2. The summed E-state index contributed by atoms with van der Waals surface area (Å²) in [4.78, 5) is 36.8. The molecule has 2 aromatic carbocycles. The average Bonchev–Trinajstić information content (AvgIpc) is 3.54. The Labute approximate surface area is 229 Å². The van der Waals surface area contributed by atoms with E-state index in [4.69, 9.17) is 14.2 Å². The second kappa shape index (κ2) is 10.2. The standard InChI is InChI=1S/C28H30N4O6S/c1-15-26(39-28-29-17-9-7-8-10-18(17)32(15)28)23(33)21-22(31(12-11-30(2)3)27(35)24(21)34)16-13-19(36-4)25(38-6)20(14-16)37-5/h7-10,13-14,22,34H,11-12H2,1-6H3. The molecule has 4 aromatic rings. The van der Waals surface area contributed by atoms with Crippen LogP contribution in [0.5, 0.6) is 17.2 Å². The summed E-state index contributed by atoms with van der Waals surface area (Å²) in [5, 5.41) is 11.1. The largest absolute Gasteiger partial charge is 0.503 e. The van der Waals surface area contributed by atoms with Crippen molar-refractivity contribution >= 4 is 39.0 Å². The molecule has 1 amide bonds. The molecule has 1 aliphatic heterocycles. The van der Waals surface area contributed by atoms with Crippen molar-refractivity contribution in [3.63, 3.8) is 0 Å². The molecular formula is C28H30N4O6S. The Balaban J connectivity index is 1.67. The molecule has 1 unspecified atom stereocenters. The summed E-state index contributed by atoms with van der Waals surface area (Å²) in [5.74, 6) is -0.457. The number of nitrogens with zero attached hydrogens (tertiary/aromatic N) is 4. The number of aryl methyl sites for hydroxylation is 1. The Morgan fingerprint density at radius 3 is 2.38 bits per heavy atom. The van der Waals surface area contributed by atoms with Gasteiger partial charge in [-0.1, -0.05) is 23.5 Å². The number of ketones is 1. The Morgan fingerprint density at radius 1 is 1.10 bits per heavy atom. The van der Waals surface area contributed by atoms with Crippen molar-refractivity contribution in [2.45, 2.75) is 13.0 Å². The highest BCUT2D eigenvalue weighted by Crippen LogP contribution is 2.46. The number of imidazole rings is 1. The monoisotopic (exact) mass is 550 g/mol. The van der Waals surface area contributed by atoms with Crippen molar-refractivity contribution in [1.29, 1.82) is 0 Å². The van der Waals surface area contributed by atoms with Gasteiger partial charge in [-0.15, -0.1) is 0 Å². The molecule has 11 heteroatoms. The van der Waals surface area contributed by atoms with Crippen LogP contribution >= 0.6 is 11.3 Å². The summed E-state index contributed by atoms with van der Waals surface area (Å²) in [7, 11) is 8.29. The molecule has 1 atom stereocenters. The number of thiazole rings is 1. The van der Waals surface area contributed by atoms with E-state index in [0.717, 1.165) is 11.0 Å². The lowest BCUT2D eigenvalue weighted by molar-refractivity contribution is -0.129. The molecule has 39 heavy (non-hydrogen) atoms. The summed E-state index contributed by atoms with van der Waals surface area (Å²) >= 11 is 1.24. The summed E-state index contributed by atoms with van der Waals surface area (Å²) in [6, 6.07) is 10.2. The lowest BCUT2D eigenvalue weighted by atomic mass is 9.94. The summed E-state index contributed by atoms with van der Waals surface area (Å²) in [6.45, 7) is 2.65. The van der Waals surface area contributed by atoms with Crippen LogP contribution in [0.25, 0.3) is 16.0 Å². The van der Waals surface area contributed by atoms with Gasteiger partial charge in [-0.25, -0.2) is 4.98 Å². The molecular weight excluding hydrogens is 520 g/mol. The first kappa shape index (κ1) is 26.5. The highest BCUT2D eigenvalue weighted by molar-refractivity contribution is 7.19. The van der Waals surface area contributed by atoms with Crippen LogP contribution in [0, 0.1) is 6.92 Å². The number of ether oxygens (including phenoxy) is 3. The van der Waals surface area contributed by atoms with Crippen molar-refractivity contribution in [2.24, 2.45) is 0 Å².